The molecule has 0 aliphatic rings. The lowest BCUT2D eigenvalue weighted by Crippen LogP contribution is -2.29. The first-order chi connectivity index (χ1) is 10.9. The van der Waals surface area contributed by atoms with E-state index in [9.17, 15) is 4.79 Å². The van der Waals surface area contributed by atoms with Gasteiger partial charge in [-0.3, -0.25) is 9.78 Å². The lowest BCUT2D eigenvalue weighted by Gasteiger charge is -2.26. The smallest absolute Gasteiger partial charge is 0.278 e. The lowest BCUT2D eigenvalue weighted by molar-refractivity contribution is 0.555. The quantitative estimate of drug-likeness (QED) is 0.672. The molecule has 3 N–H and O–H groups in total. The van der Waals surface area contributed by atoms with Crippen molar-refractivity contribution in [3.05, 3.63) is 50.5 Å². The van der Waals surface area contributed by atoms with Gasteiger partial charge in [0.1, 0.15) is 0 Å². The van der Waals surface area contributed by atoms with Crippen molar-refractivity contribution >= 4 is 40.3 Å². The molecule has 0 saturated heterocycles. The van der Waals surface area contributed by atoms with Gasteiger partial charge in [-0.1, -0.05) is 43.1 Å². The molecule has 0 bridgehead atoms. The summed E-state index contributed by atoms with van der Waals surface area (Å²) in [6, 6.07) is 5.55. The van der Waals surface area contributed by atoms with E-state index in [2.05, 4.69) is 39.1 Å². The van der Waals surface area contributed by atoms with Gasteiger partial charge in [0.15, 0.2) is 11.2 Å². The highest BCUT2D eigenvalue weighted by atomic mass is 35.5. The van der Waals surface area contributed by atoms with Gasteiger partial charge < -0.3 is 10.3 Å². The van der Waals surface area contributed by atoms with Gasteiger partial charge >= 0.3 is 0 Å². The fraction of sp³-hybridized carbons (Fsp3) is 0.267. The number of rotatable bonds is 4. The molecule has 8 heteroatoms. The third-order valence-electron chi connectivity index (χ3n) is 3.69. The van der Waals surface area contributed by atoms with E-state index < -0.39 is 0 Å². The number of nitrogens with zero attached hydrogens (tertiary/aromatic N) is 2. The summed E-state index contributed by atoms with van der Waals surface area (Å²) in [5.74, 6) is 0.378. The second kappa shape index (κ2) is 5.86. The summed E-state index contributed by atoms with van der Waals surface area (Å²) >= 11 is 12.0. The molecule has 3 rings (SSSR count). The first-order valence-corrected chi connectivity index (χ1v) is 7.75. The lowest BCUT2D eigenvalue weighted by atomic mass is 9.84. The number of hydrogen-bond acceptors (Lipinski definition) is 4. The average molecular weight is 352 g/mol. The third-order valence-corrected chi connectivity index (χ3v) is 4.43. The summed E-state index contributed by atoms with van der Waals surface area (Å²) in [5.41, 5.74) is 1.26. The molecular formula is C15H15Cl2N5O. The number of benzene rings is 1. The molecule has 0 saturated carbocycles. The normalized spacial score (nSPS) is 11.8. The van der Waals surface area contributed by atoms with E-state index in [1.54, 1.807) is 6.07 Å². The largest absolute Gasteiger partial charge is 0.355 e. The number of anilines is 1. The number of fused-ring (bicyclic) bond motifs is 1. The van der Waals surface area contributed by atoms with Crippen LogP contribution in [-0.4, -0.2) is 26.5 Å². The second-order valence-corrected chi connectivity index (χ2v) is 6.70. The van der Waals surface area contributed by atoms with Crippen LogP contribution in [-0.2, 0) is 5.41 Å². The molecule has 3 aromatic rings. The van der Waals surface area contributed by atoms with Crippen LogP contribution in [0.4, 0.5) is 5.95 Å². The molecule has 0 fully saturated rings. The number of hydrogen-bond donors (Lipinski definition) is 3. The fourth-order valence-corrected chi connectivity index (χ4v) is 2.55. The zero-order valence-electron chi connectivity index (χ0n) is 12.6. The van der Waals surface area contributed by atoms with Crippen LogP contribution >= 0.6 is 23.2 Å². The maximum atomic E-state index is 11.9. The van der Waals surface area contributed by atoms with Crippen molar-refractivity contribution in [2.24, 2.45) is 0 Å². The van der Waals surface area contributed by atoms with Crippen molar-refractivity contribution in [1.29, 1.82) is 0 Å². The SMILES string of the molecule is CC(C)(CNc1nc2nc[nH]c2c(=O)[nH]1)c1ccc(Cl)c(Cl)c1. The number of nitrogens with one attached hydrogen (secondary N) is 3. The number of aromatic nitrogens is 4. The van der Waals surface area contributed by atoms with Gasteiger partial charge in [-0.25, -0.2) is 4.98 Å². The Morgan fingerprint density at radius 1 is 1.26 bits per heavy atom. The van der Waals surface area contributed by atoms with Gasteiger partial charge in [-0.15, -0.1) is 0 Å². The molecule has 0 radical (unpaired) electrons. The van der Waals surface area contributed by atoms with Crippen molar-refractivity contribution in [3.63, 3.8) is 0 Å². The first kappa shape index (κ1) is 15.8. The maximum absolute atomic E-state index is 11.9. The summed E-state index contributed by atoms with van der Waals surface area (Å²) < 4.78 is 0. The van der Waals surface area contributed by atoms with Gasteiger partial charge in [-0.2, -0.15) is 4.98 Å². The highest BCUT2D eigenvalue weighted by molar-refractivity contribution is 6.42. The van der Waals surface area contributed by atoms with Gasteiger partial charge in [0, 0.05) is 12.0 Å². The zero-order chi connectivity index (χ0) is 16.6. The molecule has 0 atom stereocenters. The second-order valence-electron chi connectivity index (χ2n) is 5.88. The number of imidazole rings is 1. The Kier molecular flexibility index (Phi) is 4.04. The summed E-state index contributed by atoms with van der Waals surface area (Å²) in [7, 11) is 0. The van der Waals surface area contributed by atoms with Crippen molar-refractivity contribution in [3.8, 4) is 0 Å². The molecule has 120 valence electrons. The van der Waals surface area contributed by atoms with Crippen LogP contribution < -0.4 is 10.9 Å². The molecule has 23 heavy (non-hydrogen) atoms. The third kappa shape index (κ3) is 3.18. The predicted octanol–water partition coefficient (Wildman–Crippen LogP) is 3.34. The first-order valence-electron chi connectivity index (χ1n) is 6.99. The molecule has 0 aliphatic carbocycles. The molecular weight excluding hydrogens is 337 g/mol. The van der Waals surface area contributed by atoms with Crippen LogP contribution in [0.3, 0.4) is 0 Å². The van der Waals surface area contributed by atoms with Gasteiger partial charge in [0.25, 0.3) is 5.56 Å². The van der Waals surface area contributed by atoms with Gasteiger partial charge in [0.05, 0.1) is 16.4 Å². The van der Waals surface area contributed by atoms with Crippen molar-refractivity contribution in [2.75, 3.05) is 11.9 Å². The zero-order valence-corrected chi connectivity index (χ0v) is 14.1. The molecule has 1 aromatic carbocycles. The highest BCUT2D eigenvalue weighted by Gasteiger charge is 2.22. The summed E-state index contributed by atoms with van der Waals surface area (Å²) in [6.45, 7) is 4.67. The van der Waals surface area contributed by atoms with Crippen LogP contribution in [0.5, 0.6) is 0 Å². The van der Waals surface area contributed by atoms with Crippen LogP contribution in [0, 0.1) is 0 Å². The Bertz CT molecular complexity index is 916. The Morgan fingerprint density at radius 2 is 2.04 bits per heavy atom. The van der Waals surface area contributed by atoms with E-state index >= 15 is 0 Å². The number of halogens is 2. The minimum atomic E-state index is -0.262. The minimum absolute atomic E-state index is 0.243. The molecule has 6 nitrogen and oxygen atoms in total. The van der Waals surface area contributed by atoms with E-state index in [0.29, 0.717) is 33.7 Å². The minimum Gasteiger partial charge on any atom is -0.355 e. The summed E-state index contributed by atoms with van der Waals surface area (Å²) in [6.07, 6.45) is 1.44. The van der Waals surface area contributed by atoms with Crippen molar-refractivity contribution < 1.29 is 0 Å². The topological polar surface area (TPSA) is 86.5 Å². The standard InChI is InChI=1S/C15H15Cl2N5O/c1-15(2,8-3-4-9(16)10(17)5-8)6-18-14-21-12-11(13(23)22-14)19-7-20-12/h3-5,7H,6H2,1-2H3,(H3,18,19,20,21,22,23). The summed E-state index contributed by atoms with van der Waals surface area (Å²) in [4.78, 5) is 25.6. The predicted molar refractivity (Wildman–Crippen MR) is 92.5 cm³/mol. The highest BCUT2D eigenvalue weighted by Crippen LogP contribution is 2.30. The van der Waals surface area contributed by atoms with Crippen molar-refractivity contribution in [1.82, 2.24) is 19.9 Å². The van der Waals surface area contributed by atoms with E-state index in [4.69, 9.17) is 23.2 Å². The molecule has 0 spiro atoms. The number of H-pyrrole nitrogens is 2. The van der Waals surface area contributed by atoms with Crippen LogP contribution in [0.15, 0.2) is 29.3 Å². The number of aromatic amines is 2. The Morgan fingerprint density at radius 3 is 2.78 bits per heavy atom. The van der Waals surface area contributed by atoms with E-state index in [1.165, 1.54) is 6.33 Å². The molecule has 0 aliphatic heterocycles. The maximum Gasteiger partial charge on any atom is 0.278 e. The monoisotopic (exact) mass is 351 g/mol. The average Bonchev–Trinajstić information content (AvgIpc) is 2.97. The van der Waals surface area contributed by atoms with E-state index in [0.717, 1.165) is 5.56 Å². The molecule has 0 amide bonds. The molecule has 2 aromatic heterocycles. The molecule has 0 unspecified atom stereocenters. The molecule has 2 heterocycles. The Balaban J connectivity index is 1.82. The van der Waals surface area contributed by atoms with E-state index in [1.807, 2.05) is 12.1 Å². The van der Waals surface area contributed by atoms with Crippen LogP contribution in [0.1, 0.15) is 19.4 Å². The van der Waals surface area contributed by atoms with Crippen LogP contribution in [0.2, 0.25) is 10.0 Å². The van der Waals surface area contributed by atoms with Crippen molar-refractivity contribution in [2.45, 2.75) is 19.3 Å². The van der Waals surface area contributed by atoms with Gasteiger partial charge in [0.2, 0.25) is 5.95 Å². The van der Waals surface area contributed by atoms with Gasteiger partial charge in [-0.05, 0) is 17.7 Å². The summed E-state index contributed by atoms with van der Waals surface area (Å²) in [5, 5.41) is 4.18. The fourth-order valence-electron chi connectivity index (χ4n) is 2.25. The Labute approximate surface area is 142 Å². The van der Waals surface area contributed by atoms with Crippen LogP contribution in [0.25, 0.3) is 11.2 Å². The Hall–Kier alpha value is -2.05. The van der Waals surface area contributed by atoms with E-state index in [-0.39, 0.29) is 11.0 Å².